The molecule has 2 aromatic heterocycles. The van der Waals surface area contributed by atoms with Crippen molar-refractivity contribution in [2.24, 2.45) is 0 Å². The van der Waals surface area contributed by atoms with Crippen LogP contribution >= 0.6 is 15.9 Å². The van der Waals surface area contributed by atoms with E-state index in [0.717, 1.165) is 5.69 Å². The van der Waals surface area contributed by atoms with Gasteiger partial charge in [-0.15, -0.1) is 5.10 Å². The molecule has 2 heterocycles. The van der Waals surface area contributed by atoms with Gasteiger partial charge in [-0.25, -0.2) is 4.98 Å². The lowest BCUT2D eigenvalue weighted by Gasteiger charge is -1.93. The van der Waals surface area contributed by atoms with Crippen molar-refractivity contribution in [2.75, 3.05) is 0 Å². The molecule has 0 N–H and O–H groups in total. The Morgan fingerprint density at radius 2 is 2.15 bits per heavy atom. The highest BCUT2D eigenvalue weighted by molar-refractivity contribution is 9.10. The number of halogens is 1. The van der Waals surface area contributed by atoms with E-state index in [1.54, 1.807) is 6.20 Å². The molecule has 0 aliphatic rings. The highest BCUT2D eigenvalue weighted by Gasteiger charge is 2.05. The molecule has 0 saturated heterocycles. The van der Waals surface area contributed by atoms with Crippen LogP contribution in [-0.2, 0) is 0 Å². The first-order valence-corrected chi connectivity index (χ1v) is 4.47. The van der Waals surface area contributed by atoms with Crippen LogP contribution in [0.25, 0.3) is 11.5 Å². The lowest BCUT2D eigenvalue weighted by atomic mass is 10.3. The quantitative estimate of drug-likeness (QED) is 0.766. The lowest BCUT2D eigenvalue weighted by Crippen LogP contribution is -1.87. The topological polar surface area (TPSA) is 51.8 Å². The summed E-state index contributed by atoms with van der Waals surface area (Å²) in [5.74, 6) is 0.611. The van der Waals surface area contributed by atoms with Gasteiger partial charge in [-0.2, -0.15) is 5.10 Å². The van der Waals surface area contributed by atoms with E-state index < -0.39 is 0 Å². The van der Waals surface area contributed by atoms with E-state index in [2.05, 4.69) is 31.1 Å². The minimum absolute atomic E-state index is 0.449. The Kier molecular flexibility index (Phi) is 2.10. The van der Waals surface area contributed by atoms with E-state index >= 15 is 0 Å². The number of hydrogen-bond acceptors (Lipinski definition) is 4. The molecule has 66 valence electrons. The predicted molar refractivity (Wildman–Crippen MR) is 50.0 cm³/mol. The Labute approximate surface area is 83.1 Å². The van der Waals surface area contributed by atoms with Crippen LogP contribution < -0.4 is 0 Å². The summed E-state index contributed by atoms with van der Waals surface area (Å²) in [6.07, 6.45) is 1.60. The average Bonchev–Trinajstić information content (AvgIpc) is 2.53. The Morgan fingerprint density at radius 3 is 2.69 bits per heavy atom. The van der Waals surface area contributed by atoms with Crippen LogP contribution in [0.1, 0.15) is 5.69 Å². The van der Waals surface area contributed by atoms with Crippen molar-refractivity contribution >= 4 is 15.9 Å². The van der Waals surface area contributed by atoms with Crippen molar-refractivity contribution in [1.82, 2.24) is 15.2 Å². The van der Waals surface area contributed by atoms with E-state index in [1.165, 1.54) is 0 Å². The third-order valence-electron chi connectivity index (χ3n) is 1.53. The molecule has 0 atom stereocenters. The second kappa shape index (κ2) is 3.26. The first-order valence-electron chi connectivity index (χ1n) is 3.68. The smallest absolute Gasteiger partial charge is 0.264 e. The van der Waals surface area contributed by atoms with Crippen LogP contribution in [0.2, 0.25) is 0 Å². The van der Waals surface area contributed by atoms with Gasteiger partial charge in [-0.05, 0) is 19.1 Å². The van der Waals surface area contributed by atoms with Crippen molar-refractivity contribution in [3.05, 3.63) is 28.8 Å². The number of oxazole rings is 1. The summed E-state index contributed by atoms with van der Waals surface area (Å²) in [4.78, 5) is 4.35. The van der Waals surface area contributed by atoms with Gasteiger partial charge in [0.1, 0.15) is 5.69 Å². The van der Waals surface area contributed by atoms with Crippen LogP contribution in [0.4, 0.5) is 0 Å². The molecular weight excluding hydrogens is 234 g/mol. The van der Waals surface area contributed by atoms with Crippen LogP contribution in [0, 0.1) is 6.92 Å². The molecule has 13 heavy (non-hydrogen) atoms. The maximum atomic E-state index is 5.21. The number of nitrogens with zero attached hydrogens (tertiary/aromatic N) is 3. The molecular formula is C8H6BrN3O. The van der Waals surface area contributed by atoms with E-state index in [-0.39, 0.29) is 0 Å². The number of rotatable bonds is 1. The minimum Gasteiger partial charge on any atom is -0.429 e. The molecule has 2 aromatic rings. The summed E-state index contributed by atoms with van der Waals surface area (Å²) in [5, 5.41) is 7.87. The van der Waals surface area contributed by atoms with Crippen molar-refractivity contribution in [1.29, 1.82) is 0 Å². The molecule has 0 unspecified atom stereocenters. The summed E-state index contributed by atoms with van der Waals surface area (Å²) in [6, 6.07) is 3.72. The van der Waals surface area contributed by atoms with Gasteiger partial charge in [0.2, 0.25) is 0 Å². The molecule has 0 aliphatic heterocycles. The van der Waals surface area contributed by atoms with E-state index in [9.17, 15) is 0 Å². The normalized spacial score (nSPS) is 10.3. The first-order chi connectivity index (χ1) is 6.25. The van der Waals surface area contributed by atoms with Crippen molar-refractivity contribution < 1.29 is 4.42 Å². The Balaban J connectivity index is 2.41. The Morgan fingerprint density at radius 1 is 1.31 bits per heavy atom. The number of aromatic nitrogens is 3. The van der Waals surface area contributed by atoms with Gasteiger partial charge >= 0.3 is 0 Å². The number of hydrogen-bond donors (Lipinski definition) is 0. The van der Waals surface area contributed by atoms with E-state index in [1.807, 2.05) is 19.1 Å². The summed E-state index contributed by atoms with van der Waals surface area (Å²) < 4.78 is 5.21. The third kappa shape index (κ3) is 1.75. The summed E-state index contributed by atoms with van der Waals surface area (Å²) in [6.45, 7) is 1.88. The van der Waals surface area contributed by atoms with Gasteiger partial charge in [-0.1, -0.05) is 0 Å². The van der Waals surface area contributed by atoms with Gasteiger partial charge in [-0.3, -0.25) is 0 Å². The zero-order valence-electron chi connectivity index (χ0n) is 6.86. The average molecular weight is 240 g/mol. The SMILES string of the molecule is Cc1ccc(-c2cnc(Br)o2)nn1. The first kappa shape index (κ1) is 8.37. The van der Waals surface area contributed by atoms with Crippen LogP contribution in [0.5, 0.6) is 0 Å². The lowest BCUT2D eigenvalue weighted by molar-refractivity contribution is 0.539. The molecule has 0 amide bonds. The van der Waals surface area contributed by atoms with E-state index in [4.69, 9.17) is 4.42 Å². The van der Waals surface area contributed by atoms with Gasteiger partial charge in [0.15, 0.2) is 5.76 Å². The van der Waals surface area contributed by atoms with Crippen molar-refractivity contribution in [3.63, 3.8) is 0 Å². The molecule has 0 aromatic carbocycles. The fourth-order valence-electron chi connectivity index (χ4n) is 0.902. The largest absolute Gasteiger partial charge is 0.429 e. The highest BCUT2D eigenvalue weighted by atomic mass is 79.9. The minimum atomic E-state index is 0.449. The molecule has 5 heteroatoms. The summed E-state index contributed by atoms with van der Waals surface area (Å²) in [5.41, 5.74) is 1.56. The molecule has 0 radical (unpaired) electrons. The predicted octanol–water partition coefficient (Wildman–Crippen LogP) is 2.20. The Hall–Kier alpha value is -1.23. The highest BCUT2D eigenvalue weighted by Crippen LogP contribution is 2.19. The molecule has 0 bridgehead atoms. The van der Waals surface area contributed by atoms with Gasteiger partial charge in [0, 0.05) is 15.9 Å². The fourth-order valence-corrected chi connectivity index (χ4v) is 1.18. The van der Waals surface area contributed by atoms with Crippen LogP contribution in [0.15, 0.2) is 27.5 Å². The van der Waals surface area contributed by atoms with Gasteiger partial charge < -0.3 is 4.42 Å². The molecule has 0 spiro atoms. The zero-order valence-corrected chi connectivity index (χ0v) is 8.45. The van der Waals surface area contributed by atoms with E-state index in [0.29, 0.717) is 16.3 Å². The van der Waals surface area contributed by atoms with Gasteiger partial charge in [0.05, 0.1) is 11.9 Å². The maximum absolute atomic E-state index is 5.21. The Bertz CT molecular complexity index is 410. The van der Waals surface area contributed by atoms with Gasteiger partial charge in [0.25, 0.3) is 4.80 Å². The molecule has 0 fully saturated rings. The summed E-state index contributed by atoms with van der Waals surface area (Å²) >= 11 is 3.12. The second-order valence-corrected chi connectivity index (χ2v) is 3.22. The molecule has 4 nitrogen and oxygen atoms in total. The standard InChI is InChI=1S/C8H6BrN3O/c1-5-2-3-6(12-11-5)7-4-10-8(9)13-7/h2-4H,1H3. The molecule has 0 aliphatic carbocycles. The molecule has 2 rings (SSSR count). The molecule has 0 saturated carbocycles. The second-order valence-electron chi connectivity index (χ2n) is 2.54. The summed E-state index contributed by atoms with van der Waals surface area (Å²) in [7, 11) is 0. The zero-order chi connectivity index (χ0) is 9.26. The third-order valence-corrected chi connectivity index (χ3v) is 1.89. The van der Waals surface area contributed by atoms with Crippen molar-refractivity contribution in [2.45, 2.75) is 6.92 Å². The maximum Gasteiger partial charge on any atom is 0.264 e. The number of aryl methyl sites for hydroxylation is 1. The monoisotopic (exact) mass is 239 g/mol. The van der Waals surface area contributed by atoms with Crippen LogP contribution in [-0.4, -0.2) is 15.2 Å². The van der Waals surface area contributed by atoms with Crippen LogP contribution in [0.3, 0.4) is 0 Å². The van der Waals surface area contributed by atoms with Crippen molar-refractivity contribution in [3.8, 4) is 11.5 Å². The fraction of sp³-hybridized carbons (Fsp3) is 0.125.